The molecule has 2 aliphatic heterocycles. The molecule has 2 aliphatic rings. The predicted molar refractivity (Wildman–Crippen MR) is 81.8 cm³/mol. The third-order valence-electron chi connectivity index (χ3n) is 4.14. The van der Waals surface area contributed by atoms with Crippen molar-refractivity contribution in [3.05, 3.63) is 21.4 Å². The van der Waals surface area contributed by atoms with E-state index in [2.05, 4.69) is 13.0 Å². The Labute approximate surface area is 122 Å². The first-order chi connectivity index (χ1) is 9.15. The Morgan fingerprint density at radius 2 is 2.37 bits per heavy atom. The van der Waals surface area contributed by atoms with Gasteiger partial charge in [0.05, 0.1) is 4.88 Å². The lowest BCUT2D eigenvalue weighted by Crippen LogP contribution is -2.49. The number of nitrogens with two attached hydrogens (primary N) is 1. The average Bonchev–Trinajstić information content (AvgIpc) is 2.85. The van der Waals surface area contributed by atoms with Gasteiger partial charge in [-0.3, -0.25) is 4.79 Å². The van der Waals surface area contributed by atoms with Crippen molar-refractivity contribution < 1.29 is 4.79 Å². The summed E-state index contributed by atoms with van der Waals surface area (Å²) in [6, 6.07) is 2.24. The molecule has 0 bridgehead atoms. The Morgan fingerprint density at radius 1 is 1.53 bits per heavy atom. The number of thiophene rings is 1. The number of hydrogen-bond donors (Lipinski definition) is 1. The lowest BCUT2D eigenvalue weighted by atomic mass is 9.94. The zero-order valence-corrected chi connectivity index (χ0v) is 12.9. The number of likely N-dealkylation sites (tertiary alicyclic amines) is 1. The molecule has 1 saturated heterocycles. The number of nitrogens with zero attached hydrogens (tertiary/aromatic N) is 1. The summed E-state index contributed by atoms with van der Waals surface area (Å²) < 4.78 is 0. The monoisotopic (exact) mass is 296 g/mol. The van der Waals surface area contributed by atoms with E-state index in [0.29, 0.717) is 12.5 Å². The minimum Gasteiger partial charge on any atom is -0.336 e. The minimum atomic E-state index is 0.128. The smallest absolute Gasteiger partial charge is 0.263 e. The third-order valence-corrected chi connectivity index (χ3v) is 6.38. The molecule has 0 saturated carbocycles. The van der Waals surface area contributed by atoms with Crippen molar-refractivity contribution in [2.75, 3.05) is 18.8 Å². The normalized spacial score (nSPS) is 27.2. The van der Waals surface area contributed by atoms with Crippen LogP contribution < -0.4 is 5.73 Å². The van der Waals surface area contributed by atoms with E-state index in [0.717, 1.165) is 30.0 Å². The fourth-order valence-electron chi connectivity index (χ4n) is 2.69. The number of rotatable bonds is 1. The van der Waals surface area contributed by atoms with Crippen LogP contribution >= 0.6 is 23.1 Å². The number of aryl methyl sites for hydroxylation is 1. The molecule has 5 heteroatoms. The maximum atomic E-state index is 12.5. The van der Waals surface area contributed by atoms with Crippen LogP contribution in [0.5, 0.6) is 0 Å². The lowest BCUT2D eigenvalue weighted by Gasteiger charge is -2.34. The highest BCUT2D eigenvalue weighted by atomic mass is 32.2. The first kappa shape index (κ1) is 13.5. The molecule has 1 aromatic heterocycles. The van der Waals surface area contributed by atoms with E-state index in [1.165, 1.54) is 16.2 Å². The molecule has 0 aromatic carbocycles. The zero-order valence-electron chi connectivity index (χ0n) is 11.2. The van der Waals surface area contributed by atoms with Crippen molar-refractivity contribution >= 4 is 29.0 Å². The van der Waals surface area contributed by atoms with Crippen LogP contribution in [0.1, 0.15) is 33.5 Å². The largest absolute Gasteiger partial charge is 0.336 e. The van der Waals surface area contributed by atoms with Gasteiger partial charge in [-0.2, -0.15) is 11.8 Å². The average molecular weight is 296 g/mol. The summed E-state index contributed by atoms with van der Waals surface area (Å²) >= 11 is 3.65. The Balaban J connectivity index is 1.75. The van der Waals surface area contributed by atoms with Gasteiger partial charge in [-0.1, -0.05) is 6.92 Å². The van der Waals surface area contributed by atoms with E-state index < -0.39 is 0 Å². The van der Waals surface area contributed by atoms with Crippen molar-refractivity contribution in [1.29, 1.82) is 0 Å². The molecular weight excluding hydrogens is 276 g/mol. The maximum Gasteiger partial charge on any atom is 0.263 e. The predicted octanol–water partition coefficient (Wildman–Crippen LogP) is 2.35. The van der Waals surface area contributed by atoms with Crippen LogP contribution in [-0.4, -0.2) is 35.7 Å². The number of fused-ring (bicyclic) bond motifs is 1. The van der Waals surface area contributed by atoms with E-state index in [4.69, 9.17) is 5.73 Å². The molecule has 3 rings (SSSR count). The van der Waals surface area contributed by atoms with Crippen molar-refractivity contribution in [2.24, 2.45) is 11.7 Å². The summed E-state index contributed by atoms with van der Waals surface area (Å²) in [6.45, 7) is 3.73. The second-order valence-corrected chi connectivity index (χ2v) is 7.78. The highest BCUT2D eigenvalue weighted by Crippen LogP contribution is 2.32. The summed E-state index contributed by atoms with van der Waals surface area (Å²) in [6.07, 6.45) is 2.14. The molecule has 0 spiro atoms. The fourth-order valence-corrected chi connectivity index (χ4v) is 5.03. The number of carbonyl (C=O) groups is 1. The van der Waals surface area contributed by atoms with Crippen LogP contribution in [0.25, 0.3) is 0 Å². The number of amides is 1. The number of thioether (sulfide) groups is 1. The van der Waals surface area contributed by atoms with E-state index in [1.807, 2.05) is 16.7 Å². The lowest BCUT2D eigenvalue weighted by molar-refractivity contribution is 0.0677. The van der Waals surface area contributed by atoms with Gasteiger partial charge in [0.2, 0.25) is 0 Å². The molecule has 104 valence electrons. The second kappa shape index (κ2) is 5.46. The summed E-state index contributed by atoms with van der Waals surface area (Å²) in [5.41, 5.74) is 7.46. The summed E-state index contributed by atoms with van der Waals surface area (Å²) in [5, 5.41) is 0. The summed E-state index contributed by atoms with van der Waals surface area (Å²) in [5.74, 6) is 2.96. The molecule has 1 aromatic rings. The molecular formula is C14H20N2OS2. The molecule has 2 unspecified atom stereocenters. The molecule has 0 radical (unpaired) electrons. The van der Waals surface area contributed by atoms with Crippen LogP contribution in [0.4, 0.5) is 0 Å². The zero-order chi connectivity index (χ0) is 13.4. The highest BCUT2D eigenvalue weighted by Gasteiger charge is 2.28. The number of hydrogen-bond acceptors (Lipinski definition) is 4. The fraction of sp³-hybridized carbons (Fsp3) is 0.643. The highest BCUT2D eigenvalue weighted by molar-refractivity contribution is 7.98. The van der Waals surface area contributed by atoms with Crippen molar-refractivity contribution in [1.82, 2.24) is 4.90 Å². The topological polar surface area (TPSA) is 46.3 Å². The van der Waals surface area contributed by atoms with Crippen molar-refractivity contribution in [3.8, 4) is 0 Å². The van der Waals surface area contributed by atoms with Gasteiger partial charge in [0.15, 0.2) is 0 Å². The van der Waals surface area contributed by atoms with Gasteiger partial charge in [0.25, 0.3) is 5.91 Å². The molecule has 2 atom stereocenters. The number of carbonyl (C=O) groups excluding carboxylic acids is 1. The molecule has 0 aliphatic carbocycles. The van der Waals surface area contributed by atoms with Gasteiger partial charge in [-0.25, -0.2) is 0 Å². The second-order valence-electron chi connectivity index (χ2n) is 5.54. The summed E-state index contributed by atoms with van der Waals surface area (Å²) in [7, 11) is 0. The molecule has 3 heterocycles. The van der Waals surface area contributed by atoms with Gasteiger partial charge < -0.3 is 10.6 Å². The van der Waals surface area contributed by atoms with E-state index in [9.17, 15) is 4.79 Å². The quantitative estimate of drug-likeness (QED) is 0.865. The van der Waals surface area contributed by atoms with E-state index >= 15 is 0 Å². The van der Waals surface area contributed by atoms with Crippen LogP contribution in [-0.2, 0) is 12.2 Å². The van der Waals surface area contributed by atoms with Gasteiger partial charge in [0.1, 0.15) is 0 Å². The van der Waals surface area contributed by atoms with Gasteiger partial charge >= 0.3 is 0 Å². The third kappa shape index (κ3) is 2.69. The van der Waals surface area contributed by atoms with Gasteiger partial charge in [0, 0.05) is 29.8 Å². The minimum absolute atomic E-state index is 0.128. The molecule has 2 N–H and O–H groups in total. The van der Waals surface area contributed by atoms with Crippen molar-refractivity contribution in [2.45, 2.75) is 31.6 Å². The maximum absolute atomic E-state index is 12.5. The standard InChI is InChI=1S/C14H20N2OS2/c1-9-2-4-16(7-11(9)15)14(17)13-6-10-8-18-5-3-12(10)19-13/h6,9,11H,2-5,7-8,15H2,1H3. The van der Waals surface area contributed by atoms with E-state index in [1.54, 1.807) is 11.3 Å². The first-order valence-electron chi connectivity index (χ1n) is 6.89. The Kier molecular flexibility index (Phi) is 3.87. The van der Waals surface area contributed by atoms with Crippen LogP contribution in [0.2, 0.25) is 0 Å². The Hall–Kier alpha value is -0.520. The Bertz CT molecular complexity index is 462. The van der Waals surface area contributed by atoms with Gasteiger partial charge in [-0.15, -0.1) is 11.3 Å². The van der Waals surface area contributed by atoms with Crippen LogP contribution in [0, 0.1) is 5.92 Å². The van der Waals surface area contributed by atoms with Crippen LogP contribution in [0.15, 0.2) is 6.07 Å². The molecule has 3 nitrogen and oxygen atoms in total. The van der Waals surface area contributed by atoms with Crippen LogP contribution in [0.3, 0.4) is 0 Å². The SMILES string of the molecule is CC1CCN(C(=O)c2cc3c(s2)CCSC3)CC1N. The summed E-state index contributed by atoms with van der Waals surface area (Å²) in [4.78, 5) is 16.8. The molecule has 19 heavy (non-hydrogen) atoms. The van der Waals surface area contributed by atoms with E-state index in [-0.39, 0.29) is 11.9 Å². The Morgan fingerprint density at radius 3 is 3.11 bits per heavy atom. The van der Waals surface area contributed by atoms with Gasteiger partial charge in [-0.05, 0) is 36.1 Å². The molecule has 1 amide bonds. The van der Waals surface area contributed by atoms with Crippen molar-refractivity contribution in [3.63, 3.8) is 0 Å². The number of piperidine rings is 1. The first-order valence-corrected chi connectivity index (χ1v) is 8.86. The molecule has 1 fully saturated rings.